The number of ether oxygens (including phenoxy) is 1. The number of unbranched alkanes of at least 4 members (excludes halogenated alkanes) is 3. The quantitative estimate of drug-likeness (QED) is 0.120. The van der Waals surface area contributed by atoms with Gasteiger partial charge < -0.3 is 15.6 Å². The largest absolute Gasteiger partial charge is 0.508 e. The molecule has 6 heteroatoms. The lowest BCUT2D eigenvalue weighted by molar-refractivity contribution is 0.00688. The third-order valence-corrected chi connectivity index (χ3v) is 7.40. The Labute approximate surface area is 193 Å². The standard InChI is InChI=1S/C26H42N4O2/c1-6-7-8-9-12-25(2,3)19-14-22(31)24-20-13-18(16-30(28)29-17-27)10-11-21(20)26(4,5)32-23(24)15-19/h10,14-15,17,20-21,31H,6-9,11-13,16,28H2,1-5H3,(H2,27,29)/t20-,21?/m0/s1. The van der Waals surface area contributed by atoms with E-state index in [-0.39, 0.29) is 16.9 Å². The fraction of sp³-hybridized carbons (Fsp3) is 0.654. The summed E-state index contributed by atoms with van der Waals surface area (Å²) in [6.07, 6.45) is 11.2. The average Bonchev–Trinajstić information content (AvgIpc) is 2.70. The molecule has 1 aromatic carbocycles. The molecule has 0 radical (unpaired) electrons. The van der Waals surface area contributed by atoms with Crippen LogP contribution in [-0.2, 0) is 5.41 Å². The summed E-state index contributed by atoms with van der Waals surface area (Å²) >= 11 is 0. The van der Waals surface area contributed by atoms with Crippen molar-refractivity contribution >= 4 is 6.34 Å². The van der Waals surface area contributed by atoms with E-state index in [9.17, 15) is 5.11 Å². The number of hydrazine groups is 1. The monoisotopic (exact) mass is 442 g/mol. The molecular weight excluding hydrogens is 400 g/mol. The first-order valence-corrected chi connectivity index (χ1v) is 12.1. The van der Waals surface area contributed by atoms with Crippen molar-refractivity contribution in [3.05, 3.63) is 34.9 Å². The molecule has 2 atom stereocenters. The van der Waals surface area contributed by atoms with Crippen LogP contribution in [0.5, 0.6) is 11.5 Å². The first-order valence-electron chi connectivity index (χ1n) is 12.1. The predicted molar refractivity (Wildman–Crippen MR) is 132 cm³/mol. The maximum atomic E-state index is 11.2. The van der Waals surface area contributed by atoms with E-state index in [1.807, 2.05) is 6.07 Å². The Morgan fingerprint density at radius 1 is 1.28 bits per heavy atom. The molecule has 3 rings (SSSR count). The van der Waals surface area contributed by atoms with Gasteiger partial charge in [0.15, 0.2) is 0 Å². The molecule has 1 heterocycles. The van der Waals surface area contributed by atoms with Gasteiger partial charge in [0, 0.05) is 17.4 Å². The van der Waals surface area contributed by atoms with Gasteiger partial charge in [-0.05, 0) is 56.2 Å². The zero-order chi connectivity index (χ0) is 23.5. The van der Waals surface area contributed by atoms with E-state index >= 15 is 0 Å². The van der Waals surface area contributed by atoms with E-state index in [4.69, 9.17) is 16.3 Å². The summed E-state index contributed by atoms with van der Waals surface area (Å²) < 4.78 is 6.54. The Morgan fingerprint density at radius 3 is 2.72 bits per heavy atom. The van der Waals surface area contributed by atoms with Gasteiger partial charge in [-0.1, -0.05) is 58.1 Å². The summed E-state index contributed by atoms with van der Waals surface area (Å²) in [5.41, 5.74) is 8.35. The number of fused-ring (bicyclic) bond motifs is 3. The van der Waals surface area contributed by atoms with Crippen molar-refractivity contribution < 1.29 is 9.84 Å². The summed E-state index contributed by atoms with van der Waals surface area (Å²) in [6, 6.07) is 4.15. The van der Waals surface area contributed by atoms with Crippen LogP contribution in [0.15, 0.2) is 28.9 Å². The number of benzene rings is 1. The number of hydrogen-bond donors (Lipinski definition) is 3. The van der Waals surface area contributed by atoms with Crippen LogP contribution in [-0.4, -0.2) is 28.7 Å². The fourth-order valence-electron chi connectivity index (χ4n) is 5.46. The van der Waals surface area contributed by atoms with Gasteiger partial charge >= 0.3 is 0 Å². The second-order valence-electron chi connectivity index (χ2n) is 10.7. The number of aromatic hydroxyl groups is 1. The second kappa shape index (κ2) is 9.74. The molecule has 1 aliphatic carbocycles. The van der Waals surface area contributed by atoms with E-state index in [0.717, 1.165) is 36.1 Å². The summed E-state index contributed by atoms with van der Waals surface area (Å²) in [4.78, 5) is 0. The number of nitrogens with two attached hydrogens (primary N) is 2. The number of phenolic OH excluding ortho intramolecular Hbond substituents is 1. The Balaban J connectivity index is 1.89. The minimum Gasteiger partial charge on any atom is -0.508 e. The molecule has 1 unspecified atom stereocenters. The van der Waals surface area contributed by atoms with Crippen molar-refractivity contribution in [2.75, 3.05) is 6.54 Å². The number of nitrogens with zero attached hydrogens (tertiary/aromatic N) is 2. The zero-order valence-corrected chi connectivity index (χ0v) is 20.5. The number of hydrogen-bond acceptors (Lipinski definition) is 5. The van der Waals surface area contributed by atoms with Crippen LogP contribution in [0, 0.1) is 5.92 Å². The summed E-state index contributed by atoms with van der Waals surface area (Å²) in [5.74, 6) is 7.60. The highest BCUT2D eigenvalue weighted by atomic mass is 16.5. The fourth-order valence-corrected chi connectivity index (χ4v) is 5.46. The highest BCUT2D eigenvalue weighted by molar-refractivity contribution is 5.54. The molecule has 1 aromatic rings. The summed E-state index contributed by atoms with van der Waals surface area (Å²) in [6.45, 7) is 11.6. The summed E-state index contributed by atoms with van der Waals surface area (Å²) in [7, 11) is 0. The second-order valence-corrected chi connectivity index (χ2v) is 10.7. The van der Waals surface area contributed by atoms with Crippen molar-refractivity contribution in [3.8, 4) is 11.5 Å². The van der Waals surface area contributed by atoms with Crippen LogP contribution < -0.4 is 16.3 Å². The van der Waals surface area contributed by atoms with Gasteiger partial charge in [0.1, 0.15) is 23.4 Å². The molecule has 32 heavy (non-hydrogen) atoms. The average molecular weight is 443 g/mol. The Kier molecular flexibility index (Phi) is 7.43. The molecule has 178 valence electrons. The van der Waals surface area contributed by atoms with Gasteiger partial charge in [-0.3, -0.25) is 0 Å². The highest BCUT2D eigenvalue weighted by Gasteiger charge is 2.46. The Morgan fingerprint density at radius 2 is 2.03 bits per heavy atom. The topological polar surface area (TPSA) is 97.1 Å². The van der Waals surface area contributed by atoms with Gasteiger partial charge in [0.25, 0.3) is 0 Å². The molecule has 0 saturated heterocycles. The molecule has 0 fully saturated rings. The molecular formula is C26H42N4O2. The molecule has 0 amide bonds. The lowest BCUT2D eigenvalue weighted by Gasteiger charge is -2.47. The van der Waals surface area contributed by atoms with Gasteiger partial charge in [-0.2, -0.15) is 5.10 Å². The lowest BCUT2D eigenvalue weighted by atomic mass is 9.66. The number of allylic oxidation sites excluding steroid dienone is 1. The minimum atomic E-state index is -0.312. The van der Waals surface area contributed by atoms with Gasteiger partial charge in [0.05, 0.1) is 6.54 Å². The Hall–Kier alpha value is -2.21. The zero-order valence-electron chi connectivity index (χ0n) is 20.5. The van der Waals surface area contributed by atoms with Crippen LogP contribution in [0.1, 0.15) is 96.6 Å². The molecule has 5 N–H and O–H groups in total. The van der Waals surface area contributed by atoms with Gasteiger partial charge in [0.2, 0.25) is 0 Å². The van der Waals surface area contributed by atoms with E-state index in [2.05, 4.69) is 51.9 Å². The van der Waals surface area contributed by atoms with Gasteiger partial charge in [-0.25, -0.2) is 11.0 Å². The Bertz CT molecular complexity index is 860. The van der Waals surface area contributed by atoms with Gasteiger partial charge in [-0.15, -0.1) is 0 Å². The number of hydrazone groups is 1. The normalized spacial score (nSPS) is 22.1. The van der Waals surface area contributed by atoms with E-state index in [1.165, 1.54) is 42.7 Å². The van der Waals surface area contributed by atoms with Crippen LogP contribution in [0.3, 0.4) is 0 Å². The first-order chi connectivity index (χ1) is 15.1. The maximum absolute atomic E-state index is 11.2. The third-order valence-electron chi connectivity index (χ3n) is 7.40. The molecule has 6 nitrogen and oxygen atoms in total. The number of rotatable bonds is 9. The van der Waals surface area contributed by atoms with Crippen molar-refractivity contribution in [1.29, 1.82) is 0 Å². The van der Waals surface area contributed by atoms with Crippen molar-refractivity contribution in [1.82, 2.24) is 5.12 Å². The van der Waals surface area contributed by atoms with E-state index in [1.54, 1.807) is 0 Å². The van der Waals surface area contributed by atoms with Crippen LogP contribution >= 0.6 is 0 Å². The first kappa shape index (κ1) is 24.4. The lowest BCUT2D eigenvalue weighted by Crippen LogP contribution is -2.46. The predicted octanol–water partition coefficient (Wildman–Crippen LogP) is 5.31. The van der Waals surface area contributed by atoms with Crippen LogP contribution in [0.4, 0.5) is 0 Å². The third kappa shape index (κ3) is 5.22. The maximum Gasteiger partial charge on any atom is 0.127 e. The van der Waals surface area contributed by atoms with Crippen LogP contribution in [0.25, 0.3) is 0 Å². The summed E-state index contributed by atoms with van der Waals surface area (Å²) in [5, 5.41) is 16.5. The van der Waals surface area contributed by atoms with Crippen LogP contribution in [0.2, 0.25) is 0 Å². The van der Waals surface area contributed by atoms with Crippen molar-refractivity contribution in [2.24, 2.45) is 22.6 Å². The molecule has 0 spiro atoms. The minimum absolute atomic E-state index is 0.0114. The molecule has 0 bridgehead atoms. The van der Waals surface area contributed by atoms with E-state index in [0.29, 0.717) is 18.2 Å². The smallest absolute Gasteiger partial charge is 0.127 e. The molecule has 0 saturated carbocycles. The van der Waals surface area contributed by atoms with Crippen molar-refractivity contribution in [2.45, 2.75) is 96.5 Å². The SMILES string of the molecule is CCCCCCC(C)(C)c1cc(O)c2c(c1)OC(C)(C)C1CC=C(CN(N)/N=C\N)C[C@H]21. The molecule has 0 aromatic heterocycles. The van der Waals surface area contributed by atoms with Crippen molar-refractivity contribution in [3.63, 3.8) is 0 Å². The van der Waals surface area contributed by atoms with E-state index < -0.39 is 0 Å². The number of phenols is 1. The highest BCUT2D eigenvalue weighted by Crippen LogP contribution is 2.55. The molecule has 2 aliphatic rings. The molecule has 1 aliphatic heterocycles.